The number of anilines is 2. The molecule has 3 aliphatic rings. The summed E-state index contributed by atoms with van der Waals surface area (Å²) in [6.07, 6.45) is 2.08. The number of rotatable bonds is 6. The first kappa shape index (κ1) is 29.8. The van der Waals surface area contributed by atoms with Gasteiger partial charge in [-0.1, -0.05) is 44.5 Å². The van der Waals surface area contributed by atoms with Crippen LogP contribution in [0.5, 0.6) is 11.6 Å². The highest BCUT2D eigenvalue weighted by Gasteiger charge is 2.71. The molecule has 3 aliphatic heterocycles. The number of nitrogens with one attached hydrogen (secondary N) is 1. The standard InChI is InChI=1S/C32H33ClFN5O5/c1-31(2,3)13-23-32(18-14-36-24(44-5)12-20(18)37-30(32)42)25(17-7-6-8-19(33)26(17)34)27-29(41)38(15-39(23)27)21-10-9-16(28(35)40)11-22(21)43-4/h6-12,14,23,25,27H,13,15H2,1-5H3,(H2,35,40)(H,37,42)/t23-,25-,27+,32+/m0/s1. The van der Waals surface area contributed by atoms with E-state index in [4.69, 9.17) is 26.8 Å². The van der Waals surface area contributed by atoms with E-state index in [0.29, 0.717) is 29.2 Å². The minimum Gasteiger partial charge on any atom is -0.495 e. The number of benzene rings is 2. The van der Waals surface area contributed by atoms with E-state index in [-0.39, 0.29) is 45.8 Å². The Labute approximate surface area is 259 Å². The fraction of sp³-hybridized carbons (Fsp3) is 0.375. The topological polar surface area (TPSA) is 127 Å². The predicted octanol–water partition coefficient (Wildman–Crippen LogP) is 4.46. The third-order valence-electron chi connectivity index (χ3n) is 8.95. The molecule has 12 heteroatoms. The number of hydrogen-bond donors (Lipinski definition) is 2. The van der Waals surface area contributed by atoms with E-state index >= 15 is 4.39 Å². The van der Waals surface area contributed by atoms with Crippen molar-refractivity contribution >= 4 is 40.7 Å². The Morgan fingerprint density at radius 1 is 1.18 bits per heavy atom. The zero-order valence-electron chi connectivity index (χ0n) is 25.0. The first-order valence-electron chi connectivity index (χ1n) is 14.2. The van der Waals surface area contributed by atoms with Crippen molar-refractivity contribution in [1.82, 2.24) is 9.88 Å². The van der Waals surface area contributed by atoms with Crippen LogP contribution in [0.4, 0.5) is 15.8 Å². The molecule has 10 nitrogen and oxygen atoms in total. The van der Waals surface area contributed by atoms with E-state index in [9.17, 15) is 14.4 Å². The van der Waals surface area contributed by atoms with Crippen LogP contribution in [0.15, 0.2) is 48.7 Å². The molecule has 3 N–H and O–H groups in total. The minimum atomic E-state index is -1.39. The van der Waals surface area contributed by atoms with Gasteiger partial charge >= 0.3 is 0 Å². The fourth-order valence-corrected chi connectivity index (χ4v) is 7.40. The van der Waals surface area contributed by atoms with Crippen LogP contribution in [-0.4, -0.2) is 60.6 Å². The Kier molecular flexibility index (Phi) is 7.09. The number of pyridine rings is 1. The summed E-state index contributed by atoms with van der Waals surface area (Å²) in [5.74, 6) is -2.40. The van der Waals surface area contributed by atoms with Crippen LogP contribution < -0.4 is 25.4 Å². The van der Waals surface area contributed by atoms with Gasteiger partial charge in [0.15, 0.2) is 0 Å². The van der Waals surface area contributed by atoms with Gasteiger partial charge in [-0.3, -0.25) is 24.2 Å². The van der Waals surface area contributed by atoms with Crippen LogP contribution >= 0.6 is 11.6 Å². The van der Waals surface area contributed by atoms with Crippen LogP contribution in [0.25, 0.3) is 0 Å². The summed E-state index contributed by atoms with van der Waals surface area (Å²) >= 11 is 6.32. The van der Waals surface area contributed by atoms with E-state index in [2.05, 4.69) is 31.1 Å². The molecule has 4 heterocycles. The Bertz CT molecular complexity index is 1710. The smallest absolute Gasteiger partial charge is 0.248 e. The third-order valence-corrected chi connectivity index (χ3v) is 9.24. The van der Waals surface area contributed by atoms with Crippen LogP contribution in [-0.2, 0) is 15.0 Å². The molecule has 0 bridgehead atoms. The van der Waals surface area contributed by atoms with Crippen molar-refractivity contribution in [2.45, 2.75) is 50.6 Å². The van der Waals surface area contributed by atoms with E-state index in [1.165, 1.54) is 32.4 Å². The summed E-state index contributed by atoms with van der Waals surface area (Å²) in [5, 5.41) is 2.90. The van der Waals surface area contributed by atoms with Gasteiger partial charge in [0.05, 0.1) is 43.3 Å². The molecule has 6 rings (SSSR count). The Morgan fingerprint density at radius 3 is 2.59 bits per heavy atom. The zero-order chi connectivity index (χ0) is 31.7. The number of carbonyl (C=O) groups excluding carboxylic acids is 3. The number of carbonyl (C=O) groups is 3. The van der Waals surface area contributed by atoms with E-state index < -0.39 is 35.1 Å². The zero-order valence-corrected chi connectivity index (χ0v) is 25.7. The number of amides is 3. The molecule has 2 saturated heterocycles. The van der Waals surface area contributed by atoms with Crippen molar-refractivity contribution in [3.05, 3.63) is 76.2 Å². The third kappa shape index (κ3) is 4.32. The van der Waals surface area contributed by atoms with Crippen molar-refractivity contribution in [2.75, 3.05) is 31.1 Å². The molecule has 44 heavy (non-hydrogen) atoms. The molecule has 1 spiro atoms. The van der Waals surface area contributed by atoms with E-state index in [1.54, 1.807) is 35.4 Å². The number of aromatic nitrogens is 1. The quantitative estimate of drug-likeness (QED) is 0.416. The molecular weight excluding hydrogens is 589 g/mol. The first-order chi connectivity index (χ1) is 20.8. The number of fused-ring (bicyclic) bond motifs is 3. The first-order valence-corrected chi connectivity index (χ1v) is 14.6. The largest absolute Gasteiger partial charge is 0.495 e. The summed E-state index contributed by atoms with van der Waals surface area (Å²) in [6.45, 7) is 6.27. The summed E-state index contributed by atoms with van der Waals surface area (Å²) in [4.78, 5) is 48.9. The second-order valence-electron chi connectivity index (χ2n) is 12.6. The molecule has 2 aromatic carbocycles. The molecule has 4 atom stereocenters. The van der Waals surface area contributed by atoms with Crippen molar-refractivity contribution in [2.24, 2.45) is 11.1 Å². The molecule has 3 amide bonds. The molecule has 0 radical (unpaired) electrons. The lowest BCUT2D eigenvalue weighted by molar-refractivity contribution is -0.122. The van der Waals surface area contributed by atoms with E-state index in [0.717, 1.165) is 0 Å². The summed E-state index contributed by atoms with van der Waals surface area (Å²) in [5.41, 5.74) is 5.68. The van der Waals surface area contributed by atoms with Gasteiger partial charge in [-0.05, 0) is 41.7 Å². The monoisotopic (exact) mass is 621 g/mol. The van der Waals surface area contributed by atoms with Gasteiger partial charge in [-0.25, -0.2) is 9.37 Å². The Morgan fingerprint density at radius 2 is 1.93 bits per heavy atom. The van der Waals surface area contributed by atoms with Crippen molar-refractivity contribution in [1.29, 1.82) is 0 Å². The molecule has 0 saturated carbocycles. The second kappa shape index (κ2) is 10.4. The molecule has 0 unspecified atom stereocenters. The summed E-state index contributed by atoms with van der Waals surface area (Å²) in [7, 11) is 2.92. The van der Waals surface area contributed by atoms with Crippen LogP contribution in [0.1, 0.15) is 54.6 Å². The summed E-state index contributed by atoms with van der Waals surface area (Å²) < 4.78 is 27.0. The fourth-order valence-electron chi connectivity index (χ4n) is 7.22. The SMILES string of the molecule is COc1cc2c(cn1)[C@@]1(C(=O)N2)[C@H](CC(C)(C)C)N2CN(c3ccc(C(N)=O)cc3OC)C(=O)[C@H]2[C@@H]1c1cccc(Cl)c1F. The lowest BCUT2D eigenvalue weighted by Gasteiger charge is -2.40. The molecule has 230 valence electrons. The average Bonchev–Trinajstić information content (AvgIpc) is 3.56. The maximum atomic E-state index is 16.1. The average molecular weight is 622 g/mol. The molecule has 2 fully saturated rings. The maximum absolute atomic E-state index is 16.1. The normalized spacial score (nSPS) is 24.4. The Balaban J connectivity index is 1.60. The van der Waals surface area contributed by atoms with Crippen molar-refractivity contribution < 1.29 is 28.2 Å². The molecule has 0 aliphatic carbocycles. The lowest BCUT2D eigenvalue weighted by atomic mass is 9.62. The predicted molar refractivity (Wildman–Crippen MR) is 163 cm³/mol. The highest BCUT2D eigenvalue weighted by Crippen LogP contribution is 2.62. The number of primary amides is 1. The van der Waals surface area contributed by atoms with Gasteiger partial charge in [0, 0.05) is 35.3 Å². The second-order valence-corrected chi connectivity index (χ2v) is 13.0. The van der Waals surface area contributed by atoms with Gasteiger partial charge < -0.3 is 20.5 Å². The Hall–Kier alpha value is -4.22. The molecule has 1 aromatic heterocycles. The molecule has 3 aromatic rings. The maximum Gasteiger partial charge on any atom is 0.248 e. The van der Waals surface area contributed by atoms with Gasteiger partial charge in [0.2, 0.25) is 23.6 Å². The van der Waals surface area contributed by atoms with Gasteiger partial charge in [-0.2, -0.15) is 0 Å². The number of nitrogens with zero attached hydrogens (tertiary/aromatic N) is 3. The number of halogens is 2. The van der Waals surface area contributed by atoms with Crippen molar-refractivity contribution in [3.63, 3.8) is 0 Å². The highest BCUT2D eigenvalue weighted by molar-refractivity contribution is 6.30. The van der Waals surface area contributed by atoms with Gasteiger partial charge in [0.25, 0.3) is 0 Å². The van der Waals surface area contributed by atoms with Gasteiger partial charge in [-0.15, -0.1) is 0 Å². The number of hydrogen-bond acceptors (Lipinski definition) is 7. The van der Waals surface area contributed by atoms with Crippen LogP contribution in [0, 0.1) is 11.2 Å². The van der Waals surface area contributed by atoms with Crippen molar-refractivity contribution in [3.8, 4) is 11.6 Å². The van der Waals surface area contributed by atoms with Gasteiger partial charge in [0.1, 0.15) is 17.0 Å². The highest BCUT2D eigenvalue weighted by atomic mass is 35.5. The lowest BCUT2D eigenvalue weighted by Crippen LogP contribution is -2.52. The van der Waals surface area contributed by atoms with Crippen LogP contribution in [0.3, 0.4) is 0 Å². The van der Waals surface area contributed by atoms with E-state index in [1.807, 2.05) is 4.90 Å². The molecular formula is C32H33ClFN5O5. The summed E-state index contributed by atoms with van der Waals surface area (Å²) in [6, 6.07) is 9.40. The number of methoxy groups -OCH3 is 2. The minimum absolute atomic E-state index is 0.0865. The number of ether oxygens (including phenoxy) is 2. The number of nitrogens with two attached hydrogens (primary N) is 1. The van der Waals surface area contributed by atoms with Crippen LogP contribution in [0.2, 0.25) is 5.02 Å².